The number of hydrogen-bond acceptors (Lipinski definition) is 10. The summed E-state index contributed by atoms with van der Waals surface area (Å²) in [5.74, 6) is 0.883. The number of urea groups is 1. The Hall–Kier alpha value is -4.79. The Morgan fingerprint density at radius 3 is 2.25 bits per heavy atom. The van der Waals surface area contributed by atoms with Crippen LogP contribution in [0.1, 0.15) is 49.3 Å². The number of likely N-dealkylation sites (N-methyl/N-ethyl adjacent to an activating group) is 1. The molecule has 7 rings (SSSR count). The summed E-state index contributed by atoms with van der Waals surface area (Å²) in [5.41, 5.74) is 3.38. The van der Waals surface area contributed by atoms with E-state index in [1.807, 2.05) is 41.3 Å². The molecule has 4 aromatic rings. The highest BCUT2D eigenvalue weighted by molar-refractivity contribution is 5.85. The van der Waals surface area contributed by atoms with E-state index in [1.54, 1.807) is 17.8 Å². The van der Waals surface area contributed by atoms with Crippen molar-refractivity contribution < 1.29 is 19.8 Å². The quantitative estimate of drug-likeness (QED) is 0.166. The number of anilines is 2. The summed E-state index contributed by atoms with van der Waals surface area (Å²) in [6, 6.07) is 19.4. The number of nitrogens with zero attached hydrogens (tertiary/aromatic N) is 7. The van der Waals surface area contributed by atoms with Crippen molar-refractivity contribution in [3.8, 4) is 0 Å². The smallest absolute Gasteiger partial charge is 0.317 e. The molecule has 5 atom stereocenters. The number of carbonyl (C=O) groups excluding carboxylic acids is 2. The highest BCUT2D eigenvalue weighted by Gasteiger charge is 2.44. The van der Waals surface area contributed by atoms with Crippen molar-refractivity contribution in [1.82, 2.24) is 40.0 Å². The zero-order valence-corrected chi connectivity index (χ0v) is 29.2. The number of imidazole rings is 1. The summed E-state index contributed by atoms with van der Waals surface area (Å²) < 4.78 is 1.80. The Morgan fingerprint density at radius 2 is 1.59 bits per heavy atom. The zero-order chi connectivity index (χ0) is 35.5. The molecule has 3 amide bonds. The van der Waals surface area contributed by atoms with Crippen LogP contribution in [0, 0.1) is 0 Å². The van der Waals surface area contributed by atoms with Crippen LogP contribution in [-0.4, -0.2) is 129 Å². The van der Waals surface area contributed by atoms with E-state index >= 15 is 0 Å². The van der Waals surface area contributed by atoms with E-state index in [9.17, 15) is 19.8 Å². The Kier molecular flexibility index (Phi) is 10.3. The van der Waals surface area contributed by atoms with Gasteiger partial charge in [-0.2, -0.15) is 9.97 Å². The Bertz CT molecular complexity index is 1760. The minimum Gasteiger partial charge on any atom is -0.388 e. The van der Waals surface area contributed by atoms with Crippen LogP contribution in [0.15, 0.2) is 67.0 Å². The average Bonchev–Trinajstić information content (AvgIpc) is 3.87. The third-order valence-corrected chi connectivity index (χ3v) is 10.6. The number of benzene rings is 2. The van der Waals surface area contributed by atoms with Gasteiger partial charge in [0.25, 0.3) is 0 Å². The van der Waals surface area contributed by atoms with E-state index in [1.165, 1.54) is 0 Å². The number of amides is 3. The van der Waals surface area contributed by atoms with Crippen LogP contribution in [0.25, 0.3) is 11.2 Å². The maximum absolute atomic E-state index is 13.1. The molecular weight excluding hydrogens is 648 g/mol. The summed E-state index contributed by atoms with van der Waals surface area (Å²) in [5, 5.41) is 31.8. The second kappa shape index (κ2) is 15.2. The van der Waals surface area contributed by atoms with E-state index in [4.69, 9.17) is 15.0 Å². The van der Waals surface area contributed by atoms with Crippen molar-refractivity contribution in [2.24, 2.45) is 0 Å². The molecule has 14 nitrogen and oxygen atoms in total. The molecule has 2 aromatic carbocycles. The second-order valence-electron chi connectivity index (χ2n) is 13.9. The van der Waals surface area contributed by atoms with E-state index in [2.05, 4.69) is 57.1 Å². The van der Waals surface area contributed by atoms with Gasteiger partial charge in [0.05, 0.1) is 18.4 Å². The lowest BCUT2D eigenvalue weighted by atomic mass is 9.91. The van der Waals surface area contributed by atoms with E-state index in [-0.39, 0.29) is 30.3 Å². The lowest BCUT2D eigenvalue weighted by Gasteiger charge is -2.33. The van der Waals surface area contributed by atoms with Gasteiger partial charge in [0, 0.05) is 64.2 Å². The van der Waals surface area contributed by atoms with Gasteiger partial charge in [-0.05, 0) is 31.0 Å². The van der Waals surface area contributed by atoms with Crippen molar-refractivity contribution >= 4 is 34.9 Å². The predicted octanol–water partition coefficient (Wildman–Crippen LogP) is 2.17. The SMILES string of the molecule is CCC(=O)N[C@H]1C[C@@H](n2cnc3c(NCC(c4ccccc4)c4ccccc4)nc(N4CC[C@@H](NC(=O)N5CCN(C)CC5)C4)nc32)[C@H](O)[C@@H]1O. The van der Waals surface area contributed by atoms with Crippen molar-refractivity contribution in [2.75, 3.05) is 63.1 Å². The fourth-order valence-electron chi connectivity index (χ4n) is 7.48. The molecule has 0 unspecified atom stereocenters. The van der Waals surface area contributed by atoms with E-state index < -0.39 is 24.3 Å². The average molecular weight is 697 g/mol. The highest BCUT2D eigenvalue weighted by atomic mass is 16.3. The molecule has 2 aliphatic heterocycles. The van der Waals surface area contributed by atoms with Crippen LogP contribution in [0.2, 0.25) is 0 Å². The first-order valence-corrected chi connectivity index (χ1v) is 18.0. The Balaban J connectivity index is 1.18. The Morgan fingerprint density at radius 1 is 0.902 bits per heavy atom. The van der Waals surface area contributed by atoms with E-state index in [0.717, 1.165) is 30.6 Å². The van der Waals surface area contributed by atoms with Crippen LogP contribution < -0.4 is 20.9 Å². The lowest BCUT2D eigenvalue weighted by molar-refractivity contribution is -0.122. The minimum absolute atomic E-state index is 0.0265. The normalized spacial score (nSPS) is 24.0. The molecule has 1 aliphatic carbocycles. The first-order chi connectivity index (χ1) is 24.8. The third-order valence-electron chi connectivity index (χ3n) is 10.6. The van der Waals surface area contributed by atoms with Crippen LogP contribution >= 0.6 is 0 Å². The fourth-order valence-corrected chi connectivity index (χ4v) is 7.48. The minimum atomic E-state index is -1.14. The number of carbonyl (C=O) groups is 2. The van der Waals surface area contributed by atoms with Crippen LogP contribution in [0.5, 0.6) is 0 Å². The summed E-state index contributed by atoms with van der Waals surface area (Å²) in [6.45, 7) is 6.60. The summed E-state index contributed by atoms with van der Waals surface area (Å²) in [6.07, 6.45) is 0.704. The van der Waals surface area contributed by atoms with Crippen molar-refractivity contribution in [3.63, 3.8) is 0 Å². The van der Waals surface area contributed by atoms with Gasteiger partial charge in [-0.25, -0.2) is 9.78 Å². The molecule has 3 aliphatic rings. The monoisotopic (exact) mass is 696 g/mol. The number of piperazine rings is 1. The summed E-state index contributed by atoms with van der Waals surface area (Å²) >= 11 is 0. The van der Waals surface area contributed by atoms with Gasteiger partial charge in [-0.1, -0.05) is 67.6 Å². The van der Waals surface area contributed by atoms with Gasteiger partial charge in [0.1, 0.15) is 12.2 Å². The predicted molar refractivity (Wildman–Crippen MR) is 195 cm³/mol. The van der Waals surface area contributed by atoms with E-state index in [0.29, 0.717) is 62.1 Å². The fraction of sp³-hybridized carbons (Fsp3) is 0.486. The number of rotatable bonds is 10. The number of aliphatic hydroxyl groups excluding tert-OH is 2. The first kappa shape index (κ1) is 34.6. The maximum Gasteiger partial charge on any atom is 0.317 e. The zero-order valence-electron chi connectivity index (χ0n) is 29.2. The molecule has 14 heteroatoms. The number of aromatic nitrogens is 4. The van der Waals surface area contributed by atoms with Gasteiger partial charge in [0.2, 0.25) is 11.9 Å². The molecule has 0 bridgehead atoms. The molecule has 2 saturated heterocycles. The van der Waals surface area contributed by atoms with Crippen molar-refractivity contribution in [2.45, 2.75) is 62.4 Å². The number of fused-ring (bicyclic) bond motifs is 1. The molecule has 4 heterocycles. The Labute approximate surface area is 297 Å². The number of aliphatic hydroxyl groups is 2. The number of hydrogen-bond donors (Lipinski definition) is 5. The summed E-state index contributed by atoms with van der Waals surface area (Å²) in [7, 11) is 2.07. The van der Waals surface area contributed by atoms with Crippen LogP contribution in [0.3, 0.4) is 0 Å². The van der Waals surface area contributed by atoms with Crippen LogP contribution in [0.4, 0.5) is 16.6 Å². The molecule has 270 valence electrons. The molecule has 3 fully saturated rings. The van der Waals surface area contributed by atoms with Gasteiger partial charge >= 0.3 is 6.03 Å². The van der Waals surface area contributed by atoms with Gasteiger partial charge < -0.3 is 45.4 Å². The molecule has 0 radical (unpaired) electrons. The molecule has 51 heavy (non-hydrogen) atoms. The second-order valence-corrected chi connectivity index (χ2v) is 13.9. The standard InChI is InChI=1S/C37H48N10O4/c1-3-30(48)41-28-20-29(33(50)32(28)49)47-23-39-31-34(38-21-27(24-10-6-4-7-11-24)25-12-8-5-9-13-25)42-36(43-35(31)47)46-15-14-26(22-46)40-37(51)45-18-16-44(2)17-19-45/h4-13,23,26-29,32-33,49-50H,3,14-22H2,1-2H3,(H,40,51)(H,41,48)(H,38,42,43)/t26-,28+,29-,32-,33+/m1/s1. The first-order valence-electron chi connectivity index (χ1n) is 18.0. The summed E-state index contributed by atoms with van der Waals surface area (Å²) in [4.78, 5) is 46.2. The van der Waals surface area contributed by atoms with Gasteiger partial charge in [-0.15, -0.1) is 0 Å². The maximum atomic E-state index is 13.1. The van der Waals surface area contributed by atoms with Gasteiger partial charge in [-0.3, -0.25) is 4.79 Å². The topological polar surface area (TPSA) is 164 Å². The molecule has 1 saturated carbocycles. The highest BCUT2D eigenvalue weighted by Crippen LogP contribution is 2.35. The van der Waals surface area contributed by atoms with Gasteiger partial charge in [0.15, 0.2) is 17.0 Å². The molecule has 0 spiro atoms. The molecule has 2 aromatic heterocycles. The number of nitrogens with one attached hydrogen (secondary N) is 3. The molecular formula is C37H48N10O4. The van der Waals surface area contributed by atoms with Crippen LogP contribution in [-0.2, 0) is 4.79 Å². The largest absolute Gasteiger partial charge is 0.388 e. The van der Waals surface area contributed by atoms with Crippen molar-refractivity contribution in [3.05, 3.63) is 78.1 Å². The third kappa shape index (κ3) is 7.48. The van der Waals surface area contributed by atoms with Crippen molar-refractivity contribution in [1.29, 1.82) is 0 Å². The molecule has 5 N–H and O–H groups in total. The lowest BCUT2D eigenvalue weighted by Crippen LogP contribution is -2.53.